The van der Waals surface area contributed by atoms with Gasteiger partial charge in [0.2, 0.25) is 14.2 Å². The van der Waals surface area contributed by atoms with Gasteiger partial charge < -0.3 is 9.94 Å². The summed E-state index contributed by atoms with van der Waals surface area (Å²) in [5, 5.41) is 21.0. The molecule has 0 amide bonds. The summed E-state index contributed by atoms with van der Waals surface area (Å²) in [4.78, 5) is 14.4. The second-order valence-corrected chi connectivity index (χ2v) is 10.3. The van der Waals surface area contributed by atoms with Crippen molar-refractivity contribution < 1.29 is 17.9 Å². The molecule has 0 aromatic carbocycles. The van der Waals surface area contributed by atoms with Gasteiger partial charge in [0, 0.05) is 12.8 Å². The molecule has 9 nitrogen and oxygen atoms in total. The number of hydrogen-bond donors (Lipinski definition) is 0. The molecular formula is C16H24N4O5S2. The highest BCUT2D eigenvalue weighted by Crippen LogP contribution is 2.36. The third kappa shape index (κ3) is 4.37. The normalized spacial score (nSPS) is 27.6. The highest BCUT2D eigenvalue weighted by molar-refractivity contribution is 7.92. The zero-order valence-electron chi connectivity index (χ0n) is 15.2. The van der Waals surface area contributed by atoms with E-state index in [-0.39, 0.29) is 34.6 Å². The smallest absolute Gasteiger partial charge is 0.313 e. The number of nitrogens with zero attached hydrogens (tertiary/aromatic N) is 4. The number of hydrogen-bond acceptors (Lipinski definition) is 9. The van der Waals surface area contributed by atoms with Crippen molar-refractivity contribution in [3.8, 4) is 0 Å². The molecule has 2 atom stereocenters. The standard InChI is InChI=1S/C16H24N4O5S2/c1-3-9-19-10-13(25-14(21)12-7-5-4-6-8-12)20(22,11-19)15-17-18-16(26-15)27(2,23)24/h3,12-13H,1,4-11H2,2H3. The molecule has 2 fully saturated rings. The number of ether oxygens (including phenoxy) is 1. The predicted octanol–water partition coefficient (Wildman–Crippen LogP) is 1.66. The number of carbonyl (C=O) groups excluding carboxylic acids is 1. The number of hydroxylamine groups is 2. The van der Waals surface area contributed by atoms with Crippen molar-refractivity contribution in [3.05, 3.63) is 17.9 Å². The van der Waals surface area contributed by atoms with Gasteiger partial charge in [-0.2, -0.15) is 0 Å². The van der Waals surface area contributed by atoms with E-state index in [9.17, 15) is 18.4 Å². The molecule has 1 saturated carbocycles. The quantitative estimate of drug-likeness (QED) is 0.298. The number of carbonyl (C=O) groups is 1. The van der Waals surface area contributed by atoms with Crippen LogP contribution in [0.15, 0.2) is 17.0 Å². The van der Waals surface area contributed by atoms with Gasteiger partial charge in [0.25, 0.3) is 6.23 Å². The van der Waals surface area contributed by atoms with Gasteiger partial charge in [0.15, 0.2) is 0 Å². The van der Waals surface area contributed by atoms with Gasteiger partial charge >= 0.3 is 11.1 Å². The van der Waals surface area contributed by atoms with Gasteiger partial charge in [-0.15, -0.1) is 11.7 Å². The first-order valence-corrected chi connectivity index (χ1v) is 11.6. The first-order valence-electron chi connectivity index (χ1n) is 8.90. The van der Waals surface area contributed by atoms with Crippen LogP contribution in [0.25, 0.3) is 0 Å². The summed E-state index contributed by atoms with van der Waals surface area (Å²) in [5.41, 5.74) is 0. The lowest BCUT2D eigenvalue weighted by atomic mass is 9.89. The van der Waals surface area contributed by atoms with E-state index in [2.05, 4.69) is 16.8 Å². The van der Waals surface area contributed by atoms with Crippen molar-refractivity contribution in [2.75, 3.05) is 26.0 Å². The minimum absolute atomic E-state index is 0.00692. The average Bonchev–Trinajstić information content (AvgIpc) is 3.23. The van der Waals surface area contributed by atoms with E-state index in [1.54, 1.807) is 11.0 Å². The third-order valence-corrected chi connectivity index (χ3v) is 7.61. The van der Waals surface area contributed by atoms with E-state index in [4.69, 9.17) is 4.74 Å². The van der Waals surface area contributed by atoms with Gasteiger partial charge in [0.05, 0.1) is 12.5 Å². The SMILES string of the molecule is C=CCN1CC(OC(=O)C2CCCCC2)[N+]([O-])(c2nnc(S(C)(=O)=O)s2)C1. The second kappa shape index (κ2) is 7.92. The summed E-state index contributed by atoms with van der Waals surface area (Å²) in [6.45, 7) is 4.36. The summed E-state index contributed by atoms with van der Waals surface area (Å²) < 4.78 is 27.7. The highest BCUT2D eigenvalue weighted by atomic mass is 32.2. The Bertz CT molecular complexity index is 805. The fourth-order valence-electron chi connectivity index (χ4n) is 3.49. The van der Waals surface area contributed by atoms with Crippen molar-refractivity contribution in [2.45, 2.75) is 42.7 Å². The number of rotatable bonds is 6. The average molecular weight is 417 g/mol. The summed E-state index contributed by atoms with van der Waals surface area (Å²) in [7, 11) is -3.56. The molecule has 3 rings (SSSR count). The van der Waals surface area contributed by atoms with E-state index in [1.807, 2.05) is 0 Å². The summed E-state index contributed by atoms with van der Waals surface area (Å²) in [6, 6.07) is 0. The zero-order valence-corrected chi connectivity index (χ0v) is 16.9. The van der Waals surface area contributed by atoms with Crippen molar-refractivity contribution >= 4 is 32.3 Å². The van der Waals surface area contributed by atoms with Gasteiger partial charge in [-0.3, -0.25) is 9.44 Å². The molecule has 1 aliphatic heterocycles. The summed E-state index contributed by atoms with van der Waals surface area (Å²) in [6.07, 6.45) is 6.31. The van der Waals surface area contributed by atoms with Crippen LogP contribution in [-0.4, -0.2) is 61.7 Å². The monoisotopic (exact) mass is 416 g/mol. The van der Waals surface area contributed by atoms with Gasteiger partial charge in [-0.05, 0) is 24.2 Å². The molecule has 150 valence electrons. The van der Waals surface area contributed by atoms with E-state index in [0.717, 1.165) is 49.7 Å². The van der Waals surface area contributed by atoms with E-state index in [0.29, 0.717) is 6.54 Å². The van der Waals surface area contributed by atoms with Crippen LogP contribution in [0.3, 0.4) is 0 Å². The molecule has 11 heteroatoms. The van der Waals surface area contributed by atoms with Crippen LogP contribution in [-0.2, 0) is 19.4 Å². The molecule has 1 aliphatic carbocycles. The van der Waals surface area contributed by atoms with Crippen molar-refractivity contribution in [1.82, 2.24) is 19.7 Å². The second-order valence-electron chi connectivity index (χ2n) is 7.11. The molecule has 0 N–H and O–H groups in total. The van der Waals surface area contributed by atoms with E-state index in [1.165, 1.54) is 0 Å². The van der Waals surface area contributed by atoms with Crippen LogP contribution >= 0.6 is 11.3 Å². The maximum Gasteiger partial charge on any atom is 0.313 e. The Morgan fingerprint density at radius 2 is 2.11 bits per heavy atom. The Kier molecular flexibility index (Phi) is 5.96. The minimum atomic E-state index is -3.56. The topological polar surface area (TPSA) is 113 Å². The van der Waals surface area contributed by atoms with Crippen molar-refractivity contribution in [3.63, 3.8) is 0 Å². The van der Waals surface area contributed by atoms with Gasteiger partial charge in [0.1, 0.15) is 6.67 Å². The maximum atomic E-state index is 13.6. The Labute approximate surface area is 162 Å². The first kappa shape index (κ1) is 20.3. The number of quaternary nitrogens is 1. The molecule has 2 unspecified atom stereocenters. The van der Waals surface area contributed by atoms with Gasteiger partial charge in [-0.25, -0.2) is 13.3 Å². The molecule has 0 radical (unpaired) electrons. The van der Waals surface area contributed by atoms with Crippen LogP contribution < -0.4 is 4.65 Å². The van der Waals surface area contributed by atoms with Crippen LogP contribution in [0.1, 0.15) is 32.1 Å². The number of sulfone groups is 1. The van der Waals surface area contributed by atoms with Crippen LogP contribution in [0.4, 0.5) is 5.13 Å². The lowest BCUT2D eigenvalue weighted by molar-refractivity contribution is -0.159. The number of esters is 1. The van der Waals surface area contributed by atoms with Crippen LogP contribution in [0.5, 0.6) is 0 Å². The summed E-state index contributed by atoms with van der Waals surface area (Å²) in [5.74, 6) is -0.534. The first-order chi connectivity index (χ1) is 12.7. The molecule has 0 bridgehead atoms. The molecule has 1 aromatic rings. The molecule has 1 saturated heterocycles. The Morgan fingerprint density at radius 3 is 2.70 bits per heavy atom. The zero-order chi connectivity index (χ0) is 19.7. The van der Waals surface area contributed by atoms with E-state index >= 15 is 0 Å². The van der Waals surface area contributed by atoms with Gasteiger partial charge in [-0.1, -0.05) is 30.4 Å². The van der Waals surface area contributed by atoms with Crippen LogP contribution in [0, 0.1) is 11.1 Å². The fourth-order valence-corrected chi connectivity index (χ4v) is 5.16. The lowest BCUT2D eigenvalue weighted by Gasteiger charge is -2.38. The largest absolute Gasteiger partial charge is 0.622 e. The van der Waals surface area contributed by atoms with Crippen LogP contribution in [0.2, 0.25) is 0 Å². The van der Waals surface area contributed by atoms with E-state index < -0.39 is 20.7 Å². The molecular weight excluding hydrogens is 392 g/mol. The maximum absolute atomic E-state index is 13.6. The third-order valence-electron chi connectivity index (χ3n) is 4.90. The highest BCUT2D eigenvalue weighted by Gasteiger charge is 2.47. The number of aromatic nitrogens is 2. The minimum Gasteiger partial charge on any atom is -0.622 e. The van der Waals surface area contributed by atoms with Crippen molar-refractivity contribution in [1.29, 1.82) is 0 Å². The molecule has 2 heterocycles. The Morgan fingerprint density at radius 1 is 1.41 bits per heavy atom. The molecule has 2 aliphatic rings. The van der Waals surface area contributed by atoms with Crippen molar-refractivity contribution in [2.24, 2.45) is 5.92 Å². The Hall–Kier alpha value is -1.40. The Balaban J connectivity index is 1.83. The molecule has 0 spiro atoms. The molecule has 27 heavy (non-hydrogen) atoms. The lowest BCUT2D eigenvalue weighted by Crippen LogP contribution is -2.51. The summed E-state index contributed by atoms with van der Waals surface area (Å²) >= 11 is 0.728. The predicted molar refractivity (Wildman–Crippen MR) is 101 cm³/mol. The fraction of sp³-hybridized carbons (Fsp3) is 0.688. The molecule has 1 aromatic heterocycles.